The van der Waals surface area contributed by atoms with Gasteiger partial charge in [-0.3, -0.25) is 10.1 Å². The molecule has 0 aliphatic carbocycles. The van der Waals surface area contributed by atoms with Crippen molar-refractivity contribution in [3.63, 3.8) is 0 Å². The van der Waals surface area contributed by atoms with E-state index < -0.39 is 5.91 Å². The van der Waals surface area contributed by atoms with Gasteiger partial charge in [0.05, 0.1) is 6.07 Å². The van der Waals surface area contributed by atoms with E-state index >= 15 is 0 Å². The first-order chi connectivity index (χ1) is 6.26. The monoisotopic (exact) mass is 180 g/mol. The fourth-order valence-electron chi connectivity index (χ4n) is 0.682. The highest BCUT2D eigenvalue weighted by Gasteiger charge is 2.07. The van der Waals surface area contributed by atoms with E-state index in [9.17, 15) is 4.79 Å². The van der Waals surface area contributed by atoms with Gasteiger partial charge in [0.15, 0.2) is 0 Å². The van der Waals surface area contributed by atoms with E-state index in [4.69, 9.17) is 9.68 Å². The minimum absolute atomic E-state index is 0.0390. The fourth-order valence-corrected chi connectivity index (χ4v) is 0.682. The number of amides is 1. The molecule has 0 saturated carbocycles. The number of carbonyl (C=O) groups is 1. The second-order valence-corrected chi connectivity index (χ2v) is 2.24. The van der Waals surface area contributed by atoms with E-state index in [1.54, 1.807) is 6.07 Å². The van der Waals surface area contributed by atoms with Crippen LogP contribution in [0.3, 0.4) is 0 Å². The van der Waals surface area contributed by atoms with E-state index in [0.29, 0.717) is 12.3 Å². The summed E-state index contributed by atoms with van der Waals surface area (Å²) in [5, 5.41) is 17.7. The third kappa shape index (κ3) is 2.56. The van der Waals surface area contributed by atoms with Gasteiger partial charge in [-0.05, 0) is 0 Å². The van der Waals surface area contributed by atoms with Crippen LogP contribution in [0.25, 0.3) is 0 Å². The smallest absolute Gasteiger partial charge is 0.322 e. The summed E-state index contributed by atoms with van der Waals surface area (Å²) in [6, 6.07) is 1.75. The van der Waals surface area contributed by atoms with Crippen molar-refractivity contribution in [1.29, 1.82) is 5.26 Å². The van der Waals surface area contributed by atoms with E-state index in [-0.39, 0.29) is 12.4 Å². The summed E-state index contributed by atoms with van der Waals surface area (Å²) in [6.45, 7) is 1.86. The van der Waals surface area contributed by atoms with Gasteiger partial charge in [0.2, 0.25) is 11.8 Å². The Hall–Kier alpha value is -1.90. The Labute approximate surface area is 74.6 Å². The lowest BCUT2D eigenvalue weighted by atomic mass is 10.4. The number of hydrogen-bond donors (Lipinski definition) is 1. The summed E-state index contributed by atoms with van der Waals surface area (Å²) in [4.78, 5) is 10.8. The Morgan fingerprint density at radius 2 is 2.46 bits per heavy atom. The van der Waals surface area contributed by atoms with Crippen molar-refractivity contribution in [2.24, 2.45) is 0 Å². The second kappa shape index (κ2) is 4.21. The van der Waals surface area contributed by atoms with Crippen molar-refractivity contribution in [3.8, 4) is 6.07 Å². The van der Waals surface area contributed by atoms with Crippen molar-refractivity contribution < 1.29 is 9.21 Å². The van der Waals surface area contributed by atoms with Gasteiger partial charge in [-0.15, -0.1) is 5.10 Å². The molecular formula is C7H8N4O2. The van der Waals surface area contributed by atoms with E-state index in [1.165, 1.54) is 0 Å². The molecule has 0 aliphatic heterocycles. The van der Waals surface area contributed by atoms with Crippen molar-refractivity contribution in [1.82, 2.24) is 10.2 Å². The van der Waals surface area contributed by atoms with Gasteiger partial charge in [0, 0.05) is 6.42 Å². The van der Waals surface area contributed by atoms with Gasteiger partial charge in [-0.2, -0.15) is 5.26 Å². The molecule has 0 radical (unpaired) electrons. The molecule has 1 aromatic rings. The first-order valence-electron chi connectivity index (χ1n) is 3.75. The number of aryl methyl sites for hydroxylation is 1. The zero-order valence-corrected chi connectivity index (χ0v) is 7.07. The summed E-state index contributed by atoms with van der Waals surface area (Å²) in [6.07, 6.45) is 0.394. The molecule has 0 aromatic carbocycles. The average molecular weight is 180 g/mol. The molecule has 6 heteroatoms. The molecular weight excluding hydrogens is 172 g/mol. The second-order valence-electron chi connectivity index (χ2n) is 2.24. The molecule has 0 unspecified atom stereocenters. The van der Waals surface area contributed by atoms with Gasteiger partial charge >= 0.3 is 6.01 Å². The lowest BCUT2D eigenvalue weighted by Gasteiger charge is -1.92. The molecule has 1 amide bonds. The predicted molar refractivity (Wildman–Crippen MR) is 42.5 cm³/mol. The van der Waals surface area contributed by atoms with Gasteiger partial charge in [-0.1, -0.05) is 12.0 Å². The quantitative estimate of drug-likeness (QED) is 0.730. The molecule has 1 heterocycles. The van der Waals surface area contributed by atoms with Crippen LogP contribution in [0.4, 0.5) is 6.01 Å². The summed E-state index contributed by atoms with van der Waals surface area (Å²) in [5.74, 6) is 0.000982. The topological polar surface area (TPSA) is 91.8 Å². The predicted octanol–water partition coefficient (Wildman–Crippen LogP) is 0.484. The van der Waals surface area contributed by atoms with E-state index in [1.807, 2.05) is 6.92 Å². The largest absolute Gasteiger partial charge is 0.408 e. The standard InChI is InChI=1S/C7H8N4O2/c1-2-6-10-11-7(13-6)9-5(12)3-4-8/h2-3H2,1H3,(H,9,11,12). The molecule has 0 atom stereocenters. The maximum atomic E-state index is 10.8. The minimum atomic E-state index is -0.450. The molecule has 0 aliphatic rings. The van der Waals surface area contributed by atoms with E-state index in [2.05, 4.69) is 15.5 Å². The van der Waals surface area contributed by atoms with Gasteiger partial charge in [-0.25, -0.2) is 0 Å². The van der Waals surface area contributed by atoms with Crippen molar-refractivity contribution in [2.45, 2.75) is 19.8 Å². The SMILES string of the molecule is CCc1nnc(NC(=O)CC#N)o1. The molecule has 0 spiro atoms. The highest BCUT2D eigenvalue weighted by Crippen LogP contribution is 2.05. The van der Waals surface area contributed by atoms with Crippen molar-refractivity contribution in [3.05, 3.63) is 5.89 Å². The number of nitriles is 1. The molecule has 13 heavy (non-hydrogen) atoms. The maximum absolute atomic E-state index is 10.8. The minimum Gasteiger partial charge on any atom is -0.408 e. The van der Waals surface area contributed by atoms with Crippen LogP contribution in [0.5, 0.6) is 0 Å². The van der Waals surface area contributed by atoms with E-state index in [0.717, 1.165) is 0 Å². The molecule has 1 aromatic heterocycles. The summed E-state index contributed by atoms with van der Waals surface area (Å²) in [5.41, 5.74) is 0. The third-order valence-corrected chi connectivity index (χ3v) is 1.26. The maximum Gasteiger partial charge on any atom is 0.322 e. The Kier molecular flexibility index (Phi) is 2.97. The zero-order valence-electron chi connectivity index (χ0n) is 7.07. The van der Waals surface area contributed by atoms with Crippen LogP contribution >= 0.6 is 0 Å². The van der Waals surface area contributed by atoms with Crippen LogP contribution in [0.1, 0.15) is 19.2 Å². The Bertz CT molecular complexity index is 339. The third-order valence-electron chi connectivity index (χ3n) is 1.26. The normalized spacial score (nSPS) is 9.23. The van der Waals surface area contributed by atoms with Gasteiger partial charge in [0.1, 0.15) is 6.42 Å². The zero-order chi connectivity index (χ0) is 9.68. The van der Waals surface area contributed by atoms with Crippen LogP contribution in [-0.4, -0.2) is 16.1 Å². The number of nitrogens with one attached hydrogen (secondary N) is 1. The number of aromatic nitrogens is 2. The highest BCUT2D eigenvalue weighted by atomic mass is 16.4. The molecule has 68 valence electrons. The van der Waals surface area contributed by atoms with Crippen LogP contribution in [-0.2, 0) is 11.2 Å². The van der Waals surface area contributed by atoms with Gasteiger partial charge in [0.25, 0.3) is 0 Å². The van der Waals surface area contributed by atoms with Gasteiger partial charge < -0.3 is 4.42 Å². The lowest BCUT2D eigenvalue weighted by Crippen LogP contribution is -2.10. The molecule has 6 nitrogen and oxygen atoms in total. The highest BCUT2D eigenvalue weighted by molar-refractivity contribution is 5.89. The van der Waals surface area contributed by atoms with Crippen LogP contribution in [0.15, 0.2) is 4.42 Å². The number of carbonyl (C=O) groups excluding carboxylic acids is 1. The number of rotatable bonds is 3. The average Bonchev–Trinajstić information content (AvgIpc) is 2.52. The Morgan fingerprint density at radius 3 is 3.00 bits per heavy atom. The first-order valence-corrected chi connectivity index (χ1v) is 3.75. The number of hydrogen-bond acceptors (Lipinski definition) is 5. The van der Waals surface area contributed by atoms with Crippen LogP contribution < -0.4 is 5.32 Å². The molecule has 1 rings (SSSR count). The summed E-state index contributed by atoms with van der Waals surface area (Å²) in [7, 11) is 0. The van der Waals surface area contributed by atoms with Crippen molar-refractivity contribution in [2.75, 3.05) is 5.32 Å². The van der Waals surface area contributed by atoms with Crippen LogP contribution in [0.2, 0.25) is 0 Å². The lowest BCUT2D eigenvalue weighted by molar-refractivity contribution is -0.115. The molecule has 0 fully saturated rings. The van der Waals surface area contributed by atoms with Crippen LogP contribution in [0, 0.1) is 11.3 Å². The Balaban J connectivity index is 2.55. The molecule has 0 saturated heterocycles. The summed E-state index contributed by atoms with van der Waals surface area (Å²) >= 11 is 0. The first kappa shape index (κ1) is 9.19. The fraction of sp³-hybridized carbons (Fsp3) is 0.429. The summed E-state index contributed by atoms with van der Waals surface area (Å²) < 4.78 is 4.99. The number of nitrogens with zero attached hydrogens (tertiary/aromatic N) is 3. The molecule has 0 bridgehead atoms. The Morgan fingerprint density at radius 1 is 1.69 bits per heavy atom. The molecule has 1 N–H and O–H groups in total. The number of anilines is 1. The van der Waals surface area contributed by atoms with Crippen molar-refractivity contribution >= 4 is 11.9 Å².